The van der Waals surface area contributed by atoms with Gasteiger partial charge in [-0.1, -0.05) is 12.8 Å². The molecule has 9 heteroatoms. The molecular weight excluding hydrogens is 382 g/mol. The smallest absolute Gasteiger partial charge is 0.265 e. The number of ether oxygens (including phenoxy) is 1. The minimum absolute atomic E-state index is 0.0933. The van der Waals surface area contributed by atoms with Crippen LogP contribution in [0.2, 0.25) is 0 Å². The van der Waals surface area contributed by atoms with Crippen molar-refractivity contribution in [2.45, 2.75) is 49.5 Å². The first-order valence-electron chi connectivity index (χ1n) is 9.82. The van der Waals surface area contributed by atoms with Crippen LogP contribution in [0.1, 0.15) is 38.5 Å². The summed E-state index contributed by atoms with van der Waals surface area (Å²) in [6.45, 7) is 0.735. The maximum atomic E-state index is 12.8. The quantitative estimate of drug-likeness (QED) is 0.793. The lowest BCUT2D eigenvalue weighted by molar-refractivity contribution is -0.125. The van der Waals surface area contributed by atoms with Gasteiger partial charge in [0.05, 0.1) is 10.6 Å². The second-order valence-electron chi connectivity index (χ2n) is 7.56. The van der Waals surface area contributed by atoms with E-state index in [9.17, 15) is 18.0 Å². The molecule has 3 aliphatic rings. The van der Waals surface area contributed by atoms with Crippen LogP contribution in [-0.4, -0.2) is 56.8 Å². The predicted octanol–water partition coefficient (Wildman–Crippen LogP) is 1.26. The van der Waals surface area contributed by atoms with Gasteiger partial charge in [0.25, 0.3) is 5.91 Å². The fourth-order valence-electron chi connectivity index (χ4n) is 4.08. The van der Waals surface area contributed by atoms with E-state index in [4.69, 9.17) is 4.74 Å². The van der Waals surface area contributed by atoms with Crippen molar-refractivity contribution >= 4 is 27.5 Å². The van der Waals surface area contributed by atoms with Gasteiger partial charge in [0.15, 0.2) is 6.61 Å². The van der Waals surface area contributed by atoms with Gasteiger partial charge in [-0.15, -0.1) is 0 Å². The lowest BCUT2D eigenvalue weighted by atomic mass is 10.2. The first-order chi connectivity index (χ1) is 13.4. The fourth-order valence-corrected chi connectivity index (χ4v) is 5.62. The summed E-state index contributed by atoms with van der Waals surface area (Å²) in [5, 5.41) is 2.97. The Morgan fingerprint density at radius 2 is 1.86 bits per heavy atom. The van der Waals surface area contributed by atoms with Gasteiger partial charge in [-0.3, -0.25) is 14.5 Å². The van der Waals surface area contributed by atoms with E-state index in [0.717, 1.165) is 38.5 Å². The summed E-state index contributed by atoms with van der Waals surface area (Å²) < 4.78 is 32.5. The van der Waals surface area contributed by atoms with Gasteiger partial charge in [-0.2, -0.15) is 4.31 Å². The molecular formula is C19H25N3O5S. The molecule has 0 radical (unpaired) electrons. The van der Waals surface area contributed by atoms with Crippen molar-refractivity contribution in [2.75, 3.05) is 31.1 Å². The zero-order valence-electron chi connectivity index (χ0n) is 15.7. The first kappa shape index (κ1) is 19.2. The number of amides is 2. The van der Waals surface area contributed by atoms with E-state index in [2.05, 4.69) is 5.32 Å². The van der Waals surface area contributed by atoms with Crippen LogP contribution in [0.5, 0.6) is 5.75 Å². The van der Waals surface area contributed by atoms with E-state index in [1.165, 1.54) is 21.3 Å². The molecule has 1 aromatic rings. The number of nitrogens with one attached hydrogen (secondary N) is 1. The predicted molar refractivity (Wildman–Crippen MR) is 103 cm³/mol. The molecule has 0 bridgehead atoms. The molecule has 1 saturated heterocycles. The molecule has 1 N–H and O–H groups in total. The summed E-state index contributed by atoms with van der Waals surface area (Å²) in [5.41, 5.74) is 0.429. The fraction of sp³-hybridized carbons (Fsp3) is 0.579. The van der Waals surface area contributed by atoms with Crippen LogP contribution in [0.15, 0.2) is 23.1 Å². The van der Waals surface area contributed by atoms with Crippen molar-refractivity contribution in [2.24, 2.45) is 0 Å². The average Bonchev–Trinajstić information content (AvgIpc) is 3.38. The highest BCUT2D eigenvalue weighted by molar-refractivity contribution is 7.89. The topological polar surface area (TPSA) is 96.0 Å². The van der Waals surface area contributed by atoms with E-state index < -0.39 is 10.0 Å². The van der Waals surface area contributed by atoms with Crippen molar-refractivity contribution in [1.29, 1.82) is 0 Å². The number of rotatable bonds is 5. The van der Waals surface area contributed by atoms with Crippen LogP contribution >= 0.6 is 0 Å². The third kappa shape index (κ3) is 3.73. The van der Waals surface area contributed by atoms with Crippen molar-refractivity contribution in [1.82, 2.24) is 9.62 Å². The van der Waals surface area contributed by atoms with Gasteiger partial charge < -0.3 is 10.1 Å². The Morgan fingerprint density at radius 1 is 1.14 bits per heavy atom. The minimum Gasteiger partial charge on any atom is -0.482 e. The highest BCUT2D eigenvalue weighted by atomic mass is 32.2. The third-order valence-electron chi connectivity index (χ3n) is 5.60. The average molecular weight is 407 g/mol. The zero-order chi connectivity index (χ0) is 19.7. The Kier molecular flexibility index (Phi) is 5.29. The van der Waals surface area contributed by atoms with Crippen LogP contribution in [0.3, 0.4) is 0 Å². The number of nitrogens with zero attached hydrogens (tertiary/aromatic N) is 2. The third-order valence-corrected chi connectivity index (χ3v) is 7.49. The van der Waals surface area contributed by atoms with Crippen LogP contribution < -0.4 is 15.0 Å². The van der Waals surface area contributed by atoms with Crippen molar-refractivity contribution in [3.8, 4) is 5.75 Å². The highest BCUT2D eigenvalue weighted by Gasteiger charge is 2.32. The Labute approximate surface area is 164 Å². The van der Waals surface area contributed by atoms with Gasteiger partial charge in [0.1, 0.15) is 12.3 Å². The van der Waals surface area contributed by atoms with Gasteiger partial charge in [0, 0.05) is 25.2 Å². The number of hydrogen-bond acceptors (Lipinski definition) is 5. The molecule has 2 amide bonds. The zero-order valence-corrected chi connectivity index (χ0v) is 16.5. The Balaban J connectivity index is 1.53. The van der Waals surface area contributed by atoms with E-state index in [1.807, 2.05) is 0 Å². The van der Waals surface area contributed by atoms with E-state index in [1.54, 1.807) is 6.07 Å². The van der Waals surface area contributed by atoms with Crippen LogP contribution in [0.4, 0.5) is 5.69 Å². The Hall–Kier alpha value is -2.13. The van der Waals surface area contributed by atoms with Crippen LogP contribution in [0.25, 0.3) is 0 Å². The number of hydrogen-bond donors (Lipinski definition) is 1. The first-order valence-corrected chi connectivity index (χ1v) is 11.3. The summed E-state index contributed by atoms with van der Waals surface area (Å²) in [6, 6.07) is 4.67. The summed E-state index contributed by atoms with van der Waals surface area (Å²) in [4.78, 5) is 26.2. The molecule has 2 fully saturated rings. The molecule has 0 unspecified atom stereocenters. The lowest BCUT2D eigenvalue weighted by Gasteiger charge is -2.30. The molecule has 28 heavy (non-hydrogen) atoms. The largest absolute Gasteiger partial charge is 0.482 e. The second-order valence-corrected chi connectivity index (χ2v) is 9.50. The summed E-state index contributed by atoms with van der Waals surface area (Å²) >= 11 is 0. The molecule has 4 rings (SSSR count). The standard InChI is InChI=1S/C19H25N3O5S/c23-18(20-14-5-1-2-6-14)12-22-16-8-7-15(11-17(16)27-13-19(22)24)28(25,26)21-9-3-4-10-21/h7-8,11,14H,1-6,9-10,12-13H2,(H,20,23). The Bertz CT molecular complexity index is 874. The van der Waals surface area contributed by atoms with Gasteiger partial charge in [0.2, 0.25) is 15.9 Å². The number of benzene rings is 1. The SMILES string of the molecule is O=C(CN1C(=O)COc2cc(S(=O)(=O)N3CCCC3)ccc21)NC1CCCC1. The second kappa shape index (κ2) is 7.71. The summed E-state index contributed by atoms with van der Waals surface area (Å²) in [7, 11) is -3.57. The van der Waals surface area contributed by atoms with Crippen molar-refractivity contribution in [3.05, 3.63) is 18.2 Å². The summed E-state index contributed by atoms with van der Waals surface area (Å²) in [5.74, 6) is -0.209. The van der Waals surface area contributed by atoms with Crippen LogP contribution in [-0.2, 0) is 19.6 Å². The normalized spacial score (nSPS) is 20.9. The molecule has 2 heterocycles. The highest BCUT2D eigenvalue weighted by Crippen LogP contribution is 2.35. The molecule has 0 aromatic heterocycles. The molecule has 152 valence electrons. The molecule has 0 spiro atoms. The number of carbonyl (C=O) groups is 2. The molecule has 1 aliphatic carbocycles. The monoisotopic (exact) mass is 407 g/mol. The molecule has 2 aliphatic heterocycles. The van der Waals surface area contributed by atoms with Gasteiger partial charge in [-0.25, -0.2) is 8.42 Å². The van der Waals surface area contributed by atoms with Crippen LogP contribution in [0, 0.1) is 0 Å². The van der Waals surface area contributed by atoms with Crippen molar-refractivity contribution < 1.29 is 22.7 Å². The molecule has 1 saturated carbocycles. The van der Waals surface area contributed by atoms with Crippen molar-refractivity contribution in [3.63, 3.8) is 0 Å². The Morgan fingerprint density at radius 3 is 2.57 bits per heavy atom. The number of sulfonamides is 1. The maximum absolute atomic E-state index is 12.8. The molecule has 1 aromatic carbocycles. The van der Waals surface area contributed by atoms with Gasteiger partial charge >= 0.3 is 0 Å². The minimum atomic E-state index is -3.57. The summed E-state index contributed by atoms with van der Waals surface area (Å²) in [6.07, 6.45) is 5.88. The number of anilines is 1. The molecule has 0 atom stereocenters. The molecule has 8 nitrogen and oxygen atoms in total. The number of carbonyl (C=O) groups excluding carboxylic acids is 2. The van der Waals surface area contributed by atoms with Gasteiger partial charge in [-0.05, 0) is 37.8 Å². The number of fused-ring (bicyclic) bond motifs is 1. The van der Waals surface area contributed by atoms with E-state index in [-0.39, 0.29) is 35.9 Å². The maximum Gasteiger partial charge on any atom is 0.265 e. The lowest BCUT2D eigenvalue weighted by Crippen LogP contribution is -2.46. The van der Waals surface area contributed by atoms with E-state index in [0.29, 0.717) is 24.5 Å². The van der Waals surface area contributed by atoms with E-state index >= 15 is 0 Å².